The standard InChI is InChI=1S/C19H24N4O4/c1-2-3-6-18(25)27-22-17(24)12-15-5-4-11-23(19(15)26)16-9-7-14(8-10-16)13-21-20/h2,7-10,13,15H,1,3-6,11-12,20H2,(H,22,24). The van der Waals surface area contributed by atoms with E-state index in [1.54, 1.807) is 11.0 Å². The molecule has 1 heterocycles. The molecule has 1 unspecified atom stereocenters. The maximum atomic E-state index is 12.7. The molecular weight excluding hydrogens is 348 g/mol. The lowest BCUT2D eigenvalue weighted by Crippen LogP contribution is -2.43. The average Bonchev–Trinajstić information content (AvgIpc) is 2.67. The number of allylic oxidation sites excluding steroid dienone is 1. The molecule has 0 saturated carbocycles. The molecule has 2 rings (SSSR count). The predicted octanol–water partition coefficient (Wildman–Crippen LogP) is 1.65. The largest absolute Gasteiger partial charge is 0.341 e. The van der Waals surface area contributed by atoms with E-state index in [0.29, 0.717) is 19.4 Å². The van der Waals surface area contributed by atoms with Crippen LogP contribution in [-0.2, 0) is 19.2 Å². The van der Waals surface area contributed by atoms with Crippen LogP contribution >= 0.6 is 0 Å². The highest BCUT2D eigenvalue weighted by atomic mass is 16.7. The molecule has 1 aromatic carbocycles. The quantitative estimate of drug-likeness (QED) is 0.327. The molecule has 1 atom stereocenters. The highest BCUT2D eigenvalue weighted by molar-refractivity contribution is 5.98. The van der Waals surface area contributed by atoms with E-state index in [9.17, 15) is 14.4 Å². The Hall–Kier alpha value is -3.16. The lowest BCUT2D eigenvalue weighted by atomic mass is 9.93. The number of hydrogen-bond donors (Lipinski definition) is 2. The van der Waals surface area contributed by atoms with Crippen molar-refractivity contribution in [2.24, 2.45) is 16.9 Å². The van der Waals surface area contributed by atoms with E-state index in [0.717, 1.165) is 17.7 Å². The van der Waals surface area contributed by atoms with Gasteiger partial charge in [-0.15, -0.1) is 6.58 Å². The van der Waals surface area contributed by atoms with Gasteiger partial charge in [0.15, 0.2) is 0 Å². The zero-order chi connectivity index (χ0) is 19.6. The van der Waals surface area contributed by atoms with Crippen LogP contribution in [0.4, 0.5) is 5.69 Å². The average molecular weight is 372 g/mol. The fraction of sp³-hybridized carbons (Fsp3) is 0.368. The Labute approximate surface area is 158 Å². The first kappa shape index (κ1) is 20.2. The molecule has 0 aromatic heterocycles. The van der Waals surface area contributed by atoms with E-state index in [-0.39, 0.29) is 18.7 Å². The van der Waals surface area contributed by atoms with E-state index >= 15 is 0 Å². The Kier molecular flexibility index (Phi) is 7.54. The Balaban J connectivity index is 1.90. The summed E-state index contributed by atoms with van der Waals surface area (Å²) in [5.41, 5.74) is 3.71. The summed E-state index contributed by atoms with van der Waals surface area (Å²) in [5, 5.41) is 3.46. The zero-order valence-electron chi connectivity index (χ0n) is 15.1. The Morgan fingerprint density at radius 3 is 2.78 bits per heavy atom. The van der Waals surface area contributed by atoms with Gasteiger partial charge in [0.05, 0.1) is 12.6 Å². The van der Waals surface area contributed by atoms with Crippen LogP contribution in [0.5, 0.6) is 0 Å². The first-order valence-electron chi connectivity index (χ1n) is 8.79. The fourth-order valence-corrected chi connectivity index (χ4v) is 2.87. The first-order chi connectivity index (χ1) is 13.0. The van der Waals surface area contributed by atoms with E-state index in [1.807, 2.05) is 24.3 Å². The molecule has 0 radical (unpaired) electrons. The highest BCUT2D eigenvalue weighted by Gasteiger charge is 2.31. The third-order valence-electron chi connectivity index (χ3n) is 4.24. The fourth-order valence-electron chi connectivity index (χ4n) is 2.87. The number of nitrogens with two attached hydrogens (primary N) is 1. The number of hydroxylamine groups is 1. The molecule has 1 aliphatic rings. The number of hydrazone groups is 1. The minimum absolute atomic E-state index is 0.0258. The number of carbonyl (C=O) groups excluding carboxylic acids is 3. The van der Waals surface area contributed by atoms with Gasteiger partial charge in [-0.2, -0.15) is 10.6 Å². The van der Waals surface area contributed by atoms with Gasteiger partial charge in [0.1, 0.15) is 0 Å². The van der Waals surface area contributed by atoms with Crippen molar-refractivity contribution in [1.29, 1.82) is 0 Å². The van der Waals surface area contributed by atoms with E-state index < -0.39 is 17.8 Å². The summed E-state index contributed by atoms with van der Waals surface area (Å²) in [6.07, 6.45) is 5.10. The van der Waals surface area contributed by atoms with Crippen molar-refractivity contribution < 1.29 is 19.2 Å². The molecule has 3 N–H and O–H groups in total. The van der Waals surface area contributed by atoms with Crippen LogP contribution in [0.3, 0.4) is 0 Å². The maximum absolute atomic E-state index is 12.7. The molecule has 0 bridgehead atoms. The van der Waals surface area contributed by atoms with Crippen molar-refractivity contribution in [2.75, 3.05) is 11.4 Å². The number of hydrogen-bond acceptors (Lipinski definition) is 6. The molecule has 8 nitrogen and oxygen atoms in total. The van der Waals surface area contributed by atoms with Crippen LogP contribution in [0.2, 0.25) is 0 Å². The molecule has 8 heteroatoms. The van der Waals surface area contributed by atoms with Gasteiger partial charge >= 0.3 is 5.97 Å². The second-order valence-electron chi connectivity index (χ2n) is 6.23. The van der Waals surface area contributed by atoms with Crippen LogP contribution in [0.25, 0.3) is 0 Å². The van der Waals surface area contributed by atoms with Crippen LogP contribution < -0.4 is 16.2 Å². The first-order valence-corrected chi connectivity index (χ1v) is 8.79. The topological polar surface area (TPSA) is 114 Å². The molecule has 1 saturated heterocycles. The number of benzene rings is 1. The number of nitrogens with one attached hydrogen (secondary N) is 1. The summed E-state index contributed by atoms with van der Waals surface area (Å²) < 4.78 is 0. The van der Waals surface area contributed by atoms with Gasteiger partial charge in [0.25, 0.3) is 5.91 Å². The number of amides is 2. The predicted molar refractivity (Wildman–Crippen MR) is 102 cm³/mol. The number of nitrogens with zero attached hydrogens (tertiary/aromatic N) is 2. The summed E-state index contributed by atoms with van der Waals surface area (Å²) in [7, 11) is 0. The Bertz CT molecular complexity index is 715. The minimum Gasteiger partial charge on any atom is -0.341 e. The van der Waals surface area contributed by atoms with Gasteiger partial charge < -0.3 is 15.6 Å². The normalized spacial score (nSPS) is 17.0. The summed E-state index contributed by atoms with van der Waals surface area (Å²) in [4.78, 5) is 42.5. The highest BCUT2D eigenvalue weighted by Crippen LogP contribution is 2.26. The van der Waals surface area contributed by atoms with E-state index in [1.165, 1.54) is 6.21 Å². The molecule has 2 amide bonds. The summed E-state index contributed by atoms with van der Waals surface area (Å²) in [6, 6.07) is 7.27. The molecule has 1 aromatic rings. The number of carbonyl (C=O) groups is 3. The maximum Gasteiger partial charge on any atom is 0.332 e. The van der Waals surface area contributed by atoms with Crippen molar-refractivity contribution >= 4 is 29.7 Å². The number of anilines is 1. The SMILES string of the molecule is C=CCCC(=O)ONC(=O)CC1CCCN(c2ccc(C=NN)cc2)C1=O. The smallest absolute Gasteiger partial charge is 0.332 e. The van der Waals surface area contributed by atoms with Crippen LogP contribution in [0.15, 0.2) is 42.0 Å². The van der Waals surface area contributed by atoms with Gasteiger partial charge in [-0.25, -0.2) is 4.79 Å². The van der Waals surface area contributed by atoms with E-state index in [4.69, 9.17) is 10.7 Å². The van der Waals surface area contributed by atoms with Gasteiger partial charge in [-0.05, 0) is 37.0 Å². The lowest BCUT2D eigenvalue weighted by molar-refractivity contribution is -0.158. The third kappa shape index (κ3) is 5.95. The lowest BCUT2D eigenvalue weighted by Gasteiger charge is -2.32. The molecule has 27 heavy (non-hydrogen) atoms. The molecule has 0 aliphatic carbocycles. The van der Waals surface area contributed by atoms with Crippen molar-refractivity contribution in [3.63, 3.8) is 0 Å². The van der Waals surface area contributed by atoms with Crippen molar-refractivity contribution in [1.82, 2.24) is 5.48 Å². The van der Waals surface area contributed by atoms with Gasteiger partial charge in [-0.3, -0.25) is 9.59 Å². The second kappa shape index (κ2) is 10.1. The Morgan fingerprint density at radius 1 is 1.37 bits per heavy atom. The third-order valence-corrected chi connectivity index (χ3v) is 4.24. The summed E-state index contributed by atoms with van der Waals surface area (Å²) >= 11 is 0. The van der Waals surface area contributed by atoms with Crippen molar-refractivity contribution in [3.05, 3.63) is 42.5 Å². The van der Waals surface area contributed by atoms with E-state index in [2.05, 4.69) is 17.2 Å². The number of rotatable bonds is 7. The monoisotopic (exact) mass is 372 g/mol. The van der Waals surface area contributed by atoms with Crippen LogP contribution in [-0.4, -0.2) is 30.5 Å². The van der Waals surface area contributed by atoms with Gasteiger partial charge in [0.2, 0.25) is 5.91 Å². The van der Waals surface area contributed by atoms with Crippen molar-refractivity contribution in [3.8, 4) is 0 Å². The second-order valence-corrected chi connectivity index (χ2v) is 6.23. The molecule has 1 fully saturated rings. The summed E-state index contributed by atoms with van der Waals surface area (Å²) in [6.45, 7) is 4.11. The Morgan fingerprint density at radius 2 is 2.11 bits per heavy atom. The van der Waals surface area contributed by atoms with Gasteiger partial charge in [0, 0.05) is 24.6 Å². The van der Waals surface area contributed by atoms with Crippen LogP contribution in [0, 0.1) is 5.92 Å². The molecule has 0 spiro atoms. The molecule has 144 valence electrons. The zero-order valence-corrected chi connectivity index (χ0v) is 15.1. The van der Waals surface area contributed by atoms with Crippen LogP contribution in [0.1, 0.15) is 37.7 Å². The minimum atomic E-state index is -0.541. The summed E-state index contributed by atoms with van der Waals surface area (Å²) in [5.74, 6) is 3.53. The van der Waals surface area contributed by atoms with Crippen molar-refractivity contribution in [2.45, 2.75) is 32.1 Å². The number of piperidine rings is 1. The van der Waals surface area contributed by atoms with Gasteiger partial charge in [-0.1, -0.05) is 18.2 Å². The molecule has 1 aliphatic heterocycles. The molecular formula is C19H24N4O4.